The third kappa shape index (κ3) is 6.23. The lowest BCUT2D eigenvalue weighted by molar-refractivity contribution is -0.127. The molecule has 0 spiro atoms. The van der Waals surface area contributed by atoms with Crippen LogP contribution in [0.25, 0.3) is 10.9 Å². The first-order valence-electron chi connectivity index (χ1n) is 9.97. The molecule has 0 atom stereocenters. The number of anilines is 2. The maximum absolute atomic E-state index is 13.0. The number of amides is 1. The van der Waals surface area contributed by atoms with Gasteiger partial charge in [0.15, 0.2) is 9.84 Å². The summed E-state index contributed by atoms with van der Waals surface area (Å²) in [6.07, 6.45) is -4.42. The third-order valence-corrected chi connectivity index (χ3v) is 5.88. The number of ether oxygens (including phenoxy) is 1. The van der Waals surface area contributed by atoms with Gasteiger partial charge in [-0.3, -0.25) is 4.79 Å². The largest absolute Gasteiger partial charge is 0.495 e. The summed E-state index contributed by atoms with van der Waals surface area (Å²) >= 11 is 0. The average molecular weight is 494 g/mol. The van der Waals surface area contributed by atoms with Crippen molar-refractivity contribution >= 4 is 38.0 Å². The van der Waals surface area contributed by atoms with Crippen molar-refractivity contribution in [2.24, 2.45) is 0 Å². The highest BCUT2D eigenvalue weighted by molar-refractivity contribution is 7.90. The molecule has 3 rings (SSSR count). The number of aromatic nitrogens is 1. The Morgan fingerprint density at radius 1 is 1.15 bits per heavy atom. The number of carbonyl (C=O) groups excluding carboxylic acids is 1. The Morgan fingerprint density at radius 3 is 2.47 bits per heavy atom. The molecular weight excluding hydrogens is 471 g/mol. The molecule has 1 heterocycles. The van der Waals surface area contributed by atoms with Crippen LogP contribution in [0.15, 0.2) is 41.3 Å². The molecule has 3 N–H and O–H groups in total. The molecule has 0 fully saturated rings. The van der Waals surface area contributed by atoms with E-state index in [-0.39, 0.29) is 28.4 Å². The Labute approximate surface area is 194 Å². The predicted octanol–water partition coefficient (Wildman–Crippen LogP) is 4.11. The van der Waals surface area contributed by atoms with Crippen LogP contribution in [0.3, 0.4) is 0 Å². The molecule has 0 aliphatic rings. The van der Waals surface area contributed by atoms with Gasteiger partial charge in [-0.1, -0.05) is 12.0 Å². The van der Waals surface area contributed by atoms with Crippen molar-refractivity contribution in [3.8, 4) is 17.6 Å². The molecule has 3 aromatic rings. The Kier molecular flexibility index (Phi) is 7.12. The normalized spacial score (nSPS) is 11.6. The van der Waals surface area contributed by atoms with Crippen LogP contribution in [-0.4, -0.2) is 45.4 Å². The van der Waals surface area contributed by atoms with Gasteiger partial charge < -0.3 is 20.4 Å². The van der Waals surface area contributed by atoms with Crippen molar-refractivity contribution in [1.82, 2.24) is 4.98 Å². The quantitative estimate of drug-likeness (QED) is 0.449. The van der Waals surface area contributed by atoms with Gasteiger partial charge in [-0.2, -0.15) is 13.2 Å². The highest BCUT2D eigenvalue weighted by Gasteiger charge is 2.29. The molecule has 0 saturated heterocycles. The van der Waals surface area contributed by atoms with Gasteiger partial charge in [0.1, 0.15) is 5.75 Å². The van der Waals surface area contributed by atoms with E-state index in [9.17, 15) is 26.4 Å². The Morgan fingerprint density at radius 2 is 1.85 bits per heavy atom. The van der Waals surface area contributed by atoms with Gasteiger partial charge in [0, 0.05) is 24.6 Å². The van der Waals surface area contributed by atoms with Crippen molar-refractivity contribution in [2.75, 3.05) is 30.5 Å². The van der Waals surface area contributed by atoms with Crippen LogP contribution < -0.4 is 15.4 Å². The number of carbonyl (C=O) groups is 1. The predicted molar refractivity (Wildman–Crippen MR) is 124 cm³/mol. The molecule has 0 saturated carbocycles. The SMILES string of the molecule is COc1cc(S(C)(=O)=O)ccc1NCC#Cc1cc2c(NC(C)=O)ccc(CC(F)(F)F)c2[nH]1. The summed E-state index contributed by atoms with van der Waals surface area (Å²) in [4.78, 5) is 14.5. The van der Waals surface area contributed by atoms with Crippen LogP contribution >= 0.6 is 0 Å². The zero-order chi connectivity index (χ0) is 25.1. The van der Waals surface area contributed by atoms with Crippen LogP contribution in [0, 0.1) is 11.8 Å². The zero-order valence-electron chi connectivity index (χ0n) is 18.6. The number of hydrogen-bond acceptors (Lipinski definition) is 5. The first-order chi connectivity index (χ1) is 15.9. The molecular formula is C23H22F3N3O4S. The fourth-order valence-corrected chi connectivity index (χ4v) is 3.97. The summed E-state index contributed by atoms with van der Waals surface area (Å²) in [6, 6.07) is 8.73. The minimum absolute atomic E-state index is 0.0403. The van der Waals surface area contributed by atoms with E-state index in [1.807, 2.05) is 0 Å². The molecule has 7 nitrogen and oxygen atoms in total. The summed E-state index contributed by atoms with van der Waals surface area (Å²) in [5, 5.41) is 6.05. The number of sulfone groups is 1. The van der Waals surface area contributed by atoms with Crippen LogP contribution in [0.2, 0.25) is 0 Å². The molecule has 180 valence electrons. The third-order valence-electron chi connectivity index (χ3n) is 4.77. The Hall–Kier alpha value is -3.65. The molecule has 0 unspecified atom stereocenters. The maximum Gasteiger partial charge on any atom is 0.393 e. The number of hydrogen-bond donors (Lipinski definition) is 3. The van der Waals surface area contributed by atoms with Gasteiger partial charge >= 0.3 is 6.18 Å². The van der Waals surface area contributed by atoms with Gasteiger partial charge in [0.2, 0.25) is 5.91 Å². The smallest absolute Gasteiger partial charge is 0.393 e. The maximum atomic E-state index is 13.0. The van der Waals surface area contributed by atoms with Crippen molar-refractivity contribution < 1.29 is 31.1 Å². The lowest BCUT2D eigenvalue weighted by Crippen LogP contribution is -2.12. The fraction of sp³-hybridized carbons (Fsp3) is 0.261. The van der Waals surface area contributed by atoms with Gasteiger partial charge in [-0.15, -0.1) is 0 Å². The lowest BCUT2D eigenvalue weighted by Gasteiger charge is -2.10. The monoisotopic (exact) mass is 493 g/mol. The summed E-state index contributed by atoms with van der Waals surface area (Å²) in [5.41, 5.74) is 1.57. The number of methoxy groups -OCH3 is 1. The van der Waals surface area contributed by atoms with E-state index in [1.165, 1.54) is 38.3 Å². The van der Waals surface area contributed by atoms with Crippen molar-refractivity contribution in [2.45, 2.75) is 24.4 Å². The second-order valence-corrected chi connectivity index (χ2v) is 9.52. The molecule has 0 bridgehead atoms. The second-order valence-electron chi connectivity index (χ2n) is 7.51. The van der Waals surface area contributed by atoms with Gasteiger partial charge in [-0.25, -0.2) is 8.42 Å². The number of H-pyrrole nitrogens is 1. The average Bonchev–Trinajstić information content (AvgIpc) is 3.16. The molecule has 1 aromatic heterocycles. The Balaban J connectivity index is 1.85. The Bertz CT molecular complexity index is 1400. The summed E-state index contributed by atoms with van der Waals surface area (Å²) < 4.78 is 67.6. The van der Waals surface area contributed by atoms with E-state index in [4.69, 9.17) is 4.74 Å². The minimum Gasteiger partial charge on any atom is -0.495 e. The highest BCUT2D eigenvalue weighted by Crippen LogP contribution is 2.32. The topological polar surface area (TPSA) is 100 Å². The van der Waals surface area contributed by atoms with Crippen molar-refractivity contribution in [3.05, 3.63) is 47.7 Å². The summed E-state index contributed by atoms with van der Waals surface area (Å²) in [6.45, 7) is 1.46. The standard InChI is InChI=1S/C23H22F3N3O4S/c1-14(30)28-19-8-6-15(13-23(24,25)26)22-18(19)11-16(29-22)5-4-10-27-20-9-7-17(34(3,31)32)12-21(20)33-2/h6-9,11-12,27,29H,10,13H2,1-3H3,(H,28,30). The first-order valence-corrected chi connectivity index (χ1v) is 11.9. The second kappa shape index (κ2) is 9.69. The highest BCUT2D eigenvalue weighted by atomic mass is 32.2. The van der Waals surface area contributed by atoms with Crippen LogP contribution in [0.1, 0.15) is 18.2 Å². The van der Waals surface area contributed by atoms with E-state index >= 15 is 0 Å². The van der Waals surface area contributed by atoms with Crippen molar-refractivity contribution in [1.29, 1.82) is 0 Å². The van der Waals surface area contributed by atoms with E-state index in [0.717, 1.165) is 6.26 Å². The number of benzene rings is 2. The molecule has 0 aliphatic heterocycles. The molecule has 0 radical (unpaired) electrons. The number of halogens is 3. The van der Waals surface area contributed by atoms with Gasteiger partial charge in [0.05, 0.1) is 47.6 Å². The molecule has 2 aromatic carbocycles. The van der Waals surface area contributed by atoms with Gasteiger partial charge in [0.25, 0.3) is 0 Å². The fourth-order valence-electron chi connectivity index (χ4n) is 3.33. The minimum atomic E-state index is -4.39. The van der Waals surface area contributed by atoms with Crippen LogP contribution in [0.4, 0.5) is 24.5 Å². The number of nitrogens with one attached hydrogen (secondary N) is 3. The molecule has 1 amide bonds. The molecule has 34 heavy (non-hydrogen) atoms. The van der Waals surface area contributed by atoms with E-state index in [0.29, 0.717) is 28.2 Å². The summed E-state index contributed by atoms with van der Waals surface area (Å²) in [5.74, 6) is 5.69. The van der Waals surface area contributed by atoms with Crippen molar-refractivity contribution in [3.63, 3.8) is 0 Å². The summed E-state index contributed by atoms with van der Waals surface area (Å²) in [7, 11) is -1.98. The van der Waals surface area contributed by atoms with E-state index < -0.39 is 22.4 Å². The number of fused-ring (bicyclic) bond motifs is 1. The molecule has 11 heteroatoms. The van der Waals surface area contributed by atoms with Gasteiger partial charge in [-0.05, 0) is 35.7 Å². The van der Waals surface area contributed by atoms with Crippen LogP contribution in [0.5, 0.6) is 5.75 Å². The van der Waals surface area contributed by atoms with E-state index in [2.05, 4.69) is 27.5 Å². The number of alkyl halides is 3. The van der Waals surface area contributed by atoms with Crippen LogP contribution in [-0.2, 0) is 21.1 Å². The number of rotatable bonds is 6. The molecule has 0 aliphatic carbocycles. The lowest BCUT2D eigenvalue weighted by atomic mass is 10.1. The first kappa shape index (κ1) is 25.0. The number of aromatic amines is 1. The zero-order valence-corrected chi connectivity index (χ0v) is 19.4. The van der Waals surface area contributed by atoms with E-state index in [1.54, 1.807) is 12.1 Å².